The van der Waals surface area contributed by atoms with Crippen LogP contribution in [0.15, 0.2) is 65.7 Å². The Morgan fingerprint density at radius 1 is 1.00 bits per heavy atom. The highest BCUT2D eigenvalue weighted by atomic mass is 32.2. The molecule has 5 heteroatoms. The summed E-state index contributed by atoms with van der Waals surface area (Å²) in [4.78, 5) is 0.295. The molecule has 1 aromatic heterocycles. The summed E-state index contributed by atoms with van der Waals surface area (Å²) in [6.45, 7) is 4.89. The lowest BCUT2D eigenvalue weighted by molar-refractivity contribution is 0.588. The van der Waals surface area contributed by atoms with Crippen LogP contribution in [0.5, 0.6) is 0 Å². The summed E-state index contributed by atoms with van der Waals surface area (Å²) in [5.74, 6) is 0. The van der Waals surface area contributed by atoms with Crippen LogP contribution in [-0.2, 0) is 16.6 Å². The summed E-state index contributed by atoms with van der Waals surface area (Å²) in [5.41, 5.74) is 1.80. The smallest absolute Gasteiger partial charge is 0.268 e. The molecule has 4 nitrogen and oxygen atoms in total. The Morgan fingerprint density at radius 2 is 1.74 bits per heavy atom. The van der Waals surface area contributed by atoms with Gasteiger partial charge in [-0.1, -0.05) is 44.2 Å². The molecule has 120 valence electrons. The maximum absolute atomic E-state index is 12.8. The van der Waals surface area contributed by atoms with Crippen molar-refractivity contribution in [1.29, 1.82) is 0 Å². The van der Waals surface area contributed by atoms with Gasteiger partial charge in [-0.3, -0.25) is 0 Å². The van der Waals surface area contributed by atoms with Crippen molar-refractivity contribution < 1.29 is 8.42 Å². The Balaban J connectivity index is 2.09. The zero-order chi connectivity index (χ0) is 16.4. The number of nitrogens with zero attached hydrogens (tertiary/aromatic N) is 1. The molecule has 0 aliphatic carbocycles. The summed E-state index contributed by atoms with van der Waals surface area (Å²) in [6, 6.07) is 16.5. The van der Waals surface area contributed by atoms with Gasteiger partial charge in [0.2, 0.25) is 0 Å². The molecule has 0 aliphatic rings. The van der Waals surface area contributed by atoms with Crippen LogP contribution in [0.3, 0.4) is 0 Å². The number of rotatable bonds is 5. The zero-order valence-electron chi connectivity index (χ0n) is 13.2. The van der Waals surface area contributed by atoms with Gasteiger partial charge in [0.05, 0.1) is 10.4 Å². The summed E-state index contributed by atoms with van der Waals surface area (Å²) >= 11 is 0. The standard InChI is InChI=1S/C18H20N2O2S/c1-14(2)19-13-15-7-6-10-18-17(15)11-12-20(18)23(21,22)16-8-4-3-5-9-16/h3-12,14,19H,13H2,1-2H3. The SMILES string of the molecule is CC(C)NCc1cccc2c1ccn2S(=O)(=O)c1ccccc1. The minimum atomic E-state index is -3.57. The molecule has 0 fully saturated rings. The quantitative estimate of drug-likeness (QED) is 0.781. The van der Waals surface area contributed by atoms with Crippen LogP contribution >= 0.6 is 0 Å². The average Bonchev–Trinajstić information content (AvgIpc) is 2.99. The molecule has 0 saturated heterocycles. The third-order valence-electron chi connectivity index (χ3n) is 3.79. The lowest BCUT2D eigenvalue weighted by Gasteiger charge is -2.11. The molecule has 1 N–H and O–H groups in total. The molecule has 2 aromatic carbocycles. The second-order valence-corrected chi connectivity index (χ2v) is 7.63. The normalized spacial score (nSPS) is 12.1. The second kappa shape index (κ2) is 6.18. The molecular formula is C18H20N2O2S. The van der Waals surface area contributed by atoms with Crippen molar-refractivity contribution in [2.75, 3.05) is 0 Å². The minimum Gasteiger partial charge on any atom is -0.310 e. The van der Waals surface area contributed by atoms with Crippen LogP contribution in [0.1, 0.15) is 19.4 Å². The fraction of sp³-hybridized carbons (Fsp3) is 0.222. The van der Waals surface area contributed by atoms with Gasteiger partial charge >= 0.3 is 0 Å². The van der Waals surface area contributed by atoms with Crippen LogP contribution < -0.4 is 5.32 Å². The molecule has 23 heavy (non-hydrogen) atoms. The molecule has 3 aromatic rings. The number of hydrogen-bond acceptors (Lipinski definition) is 3. The molecule has 0 spiro atoms. The van der Waals surface area contributed by atoms with Crippen molar-refractivity contribution in [2.24, 2.45) is 0 Å². The molecule has 3 rings (SSSR count). The summed E-state index contributed by atoms with van der Waals surface area (Å²) in [5, 5.41) is 4.33. The van der Waals surface area contributed by atoms with Gasteiger partial charge in [0, 0.05) is 24.2 Å². The van der Waals surface area contributed by atoms with Crippen molar-refractivity contribution in [3.63, 3.8) is 0 Å². The van der Waals surface area contributed by atoms with Gasteiger partial charge in [0.1, 0.15) is 0 Å². The summed E-state index contributed by atoms with van der Waals surface area (Å²) in [7, 11) is -3.57. The Kier molecular flexibility index (Phi) is 4.24. The van der Waals surface area contributed by atoms with E-state index in [4.69, 9.17) is 0 Å². The van der Waals surface area contributed by atoms with Crippen LogP contribution in [0.4, 0.5) is 0 Å². The number of fused-ring (bicyclic) bond motifs is 1. The Morgan fingerprint density at radius 3 is 2.43 bits per heavy atom. The number of benzene rings is 2. The molecule has 0 atom stereocenters. The summed E-state index contributed by atoms with van der Waals surface area (Å²) < 4.78 is 27.0. The average molecular weight is 328 g/mol. The number of nitrogens with one attached hydrogen (secondary N) is 1. The molecule has 0 aliphatic heterocycles. The van der Waals surface area contributed by atoms with E-state index < -0.39 is 10.0 Å². The van der Waals surface area contributed by atoms with E-state index in [0.717, 1.165) is 10.9 Å². The van der Waals surface area contributed by atoms with Crippen molar-refractivity contribution in [1.82, 2.24) is 9.29 Å². The highest BCUT2D eigenvalue weighted by molar-refractivity contribution is 7.90. The summed E-state index contributed by atoms with van der Waals surface area (Å²) in [6.07, 6.45) is 1.63. The van der Waals surface area contributed by atoms with Crippen molar-refractivity contribution in [3.8, 4) is 0 Å². The number of aromatic nitrogens is 1. The van der Waals surface area contributed by atoms with Gasteiger partial charge in [0.15, 0.2) is 0 Å². The van der Waals surface area contributed by atoms with E-state index in [0.29, 0.717) is 23.0 Å². The van der Waals surface area contributed by atoms with Crippen molar-refractivity contribution in [2.45, 2.75) is 31.3 Å². The highest BCUT2D eigenvalue weighted by Gasteiger charge is 2.19. The van der Waals surface area contributed by atoms with E-state index >= 15 is 0 Å². The lowest BCUT2D eigenvalue weighted by Crippen LogP contribution is -2.21. The van der Waals surface area contributed by atoms with E-state index in [2.05, 4.69) is 19.2 Å². The Bertz CT molecular complexity index is 913. The van der Waals surface area contributed by atoms with E-state index in [9.17, 15) is 8.42 Å². The molecule has 0 saturated carbocycles. The second-order valence-electron chi connectivity index (χ2n) is 5.82. The van der Waals surface area contributed by atoms with E-state index in [1.165, 1.54) is 3.97 Å². The van der Waals surface area contributed by atoms with E-state index in [-0.39, 0.29) is 0 Å². The van der Waals surface area contributed by atoms with Crippen LogP contribution in [0, 0.1) is 0 Å². The monoisotopic (exact) mass is 328 g/mol. The predicted molar refractivity (Wildman–Crippen MR) is 92.9 cm³/mol. The molecule has 1 heterocycles. The number of hydrogen-bond donors (Lipinski definition) is 1. The first-order valence-electron chi connectivity index (χ1n) is 7.63. The van der Waals surface area contributed by atoms with Gasteiger partial charge in [0.25, 0.3) is 10.0 Å². The first kappa shape index (κ1) is 15.8. The molecule has 0 amide bonds. The lowest BCUT2D eigenvalue weighted by atomic mass is 10.1. The topological polar surface area (TPSA) is 51.1 Å². The molecule has 0 radical (unpaired) electrons. The maximum Gasteiger partial charge on any atom is 0.268 e. The minimum absolute atomic E-state index is 0.295. The maximum atomic E-state index is 12.8. The van der Waals surface area contributed by atoms with E-state index in [1.54, 1.807) is 30.5 Å². The first-order valence-corrected chi connectivity index (χ1v) is 9.07. The third-order valence-corrected chi connectivity index (χ3v) is 5.49. The fourth-order valence-corrected chi connectivity index (χ4v) is 3.96. The van der Waals surface area contributed by atoms with Gasteiger partial charge in [-0.2, -0.15) is 0 Å². The largest absolute Gasteiger partial charge is 0.310 e. The first-order chi connectivity index (χ1) is 11.0. The Labute approximate surface area is 136 Å². The van der Waals surface area contributed by atoms with Gasteiger partial charge < -0.3 is 5.32 Å². The predicted octanol–water partition coefficient (Wildman–Crippen LogP) is 3.38. The van der Waals surface area contributed by atoms with Gasteiger partial charge in [-0.15, -0.1) is 0 Å². The van der Waals surface area contributed by atoms with E-state index in [1.807, 2.05) is 30.3 Å². The zero-order valence-corrected chi connectivity index (χ0v) is 14.0. The molecule has 0 unspecified atom stereocenters. The highest BCUT2D eigenvalue weighted by Crippen LogP contribution is 2.24. The van der Waals surface area contributed by atoms with Crippen LogP contribution in [0.2, 0.25) is 0 Å². The fourth-order valence-electron chi connectivity index (χ4n) is 2.59. The third kappa shape index (κ3) is 3.02. The van der Waals surface area contributed by atoms with Crippen molar-refractivity contribution in [3.05, 3.63) is 66.4 Å². The van der Waals surface area contributed by atoms with Crippen LogP contribution in [0.25, 0.3) is 10.9 Å². The molecular weight excluding hydrogens is 308 g/mol. The van der Waals surface area contributed by atoms with Crippen LogP contribution in [-0.4, -0.2) is 18.4 Å². The van der Waals surface area contributed by atoms with Gasteiger partial charge in [-0.25, -0.2) is 12.4 Å². The van der Waals surface area contributed by atoms with Gasteiger partial charge in [-0.05, 0) is 29.8 Å². The Hall–Kier alpha value is -2.11. The molecule has 0 bridgehead atoms. The van der Waals surface area contributed by atoms with Crippen molar-refractivity contribution >= 4 is 20.9 Å².